The number of ether oxygens (including phenoxy) is 1. The summed E-state index contributed by atoms with van der Waals surface area (Å²) in [5.41, 5.74) is 6.60. The zero-order valence-corrected chi connectivity index (χ0v) is 11.4. The molecule has 0 aliphatic carbocycles. The monoisotopic (exact) mass is 267 g/mol. The molecule has 1 saturated heterocycles. The van der Waals surface area contributed by atoms with Crippen molar-refractivity contribution in [3.05, 3.63) is 17.8 Å². The molecule has 0 saturated carbocycles. The minimum atomic E-state index is -0.393. The molecule has 1 aliphatic heterocycles. The molecule has 1 unspecified atom stereocenters. The first-order valence-corrected chi connectivity index (χ1v) is 6.87. The lowest BCUT2D eigenvalue weighted by atomic mass is 10.2. The van der Waals surface area contributed by atoms with Crippen LogP contribution in [0.4, 0.5) is 11.5 Å². The lowest BCUT2D eigenvalue weighted by Crippen LogP contribution is -2.38. The van der Waals surface area contributed by atoms with E-state index >= 15 is 0 Å². The molecular formula is C12H17N3O2S. The summed E-state index contributed by atoms with van der Waals surface area (Å²) in [6, 6.07) is 1.63. The van der Waals surface area contributed by atoms with Crippen molar-refractivity contribution in [2.45, 2.75) is 12.2 Å². The Balaban J connectivity index is 2.34. The Labute approximate surface area is 111 Å². The fourth-order valence-electron chi connectivity index (χ4n) is 2.00. The molecule has 18 heavy (non-hydrogen) atoms. The smallest absolute Gasteiger partial charge is 0.341 e. The van der Waals surface area contributed by atoms with Gasteiger partial charge in [0.2, 0.25) is 0 Å². The number of esters is 1. The second-order valence-electron chi connectivity index (χ2n) is 4.26. The molecule has 0 bridgehead atoms. The molecule has 0 spiro atoms. The van der Waals surface area contributed by atoms with E-state index in [1.165, 1.54) is 7.11 Å². The van der Waals surface area contributed by atoms with Gasteiger partial charge in [-0.05, 0) is 6.07 Å². The zero-order chi connectivity index (χ0) is 13.1. The Morgan fingerprint density at radius 2 is 2.44 bits per heavy atom. The van der Waals surface area contributed by atoms with Crippen molar-refractivity contribution in [3.8, 4) is 0 Å². The number of pyridine rings is 1. The van der Waals surface area contributed by atoms with E-state index in [-0.39, 0.29) is 0 Å². The number of aromatic nitrogens is 1. The third-order valence-electron chi connectivity index (χ3n) is 2.83. The van der Waals surface area contributed by atoms with Crippen molar-refractivity contribution in [3.63, 3.8) is 0 Å². The Morgan fingerprint density at radius 1 is 1.67 bits per heavy atom. The Kier molecular flexibility index (Phi) is 3.96. The summed E-state index contributed by atoms with van der Waals surface area (Å²) in [6.07, 6.45) is 1.58. The SMILES string of the molecule is COC(=O)c1cc(N)cnc1N1CCSC(C)C1. The van der Waals surface area contributed by atoms with E-state index in [2.05, 4.69) is 16.8 Å². The number of carbonyl (C=O) groups excluding carboxylic acids is 1. The van der Waals surface area contributed by atoms with Crippen LogP contribution < -0.4 is 10.6 Å². The molecule has 0 amide bonds. The minimum Gasteiger partial charge on any atom is -0.465 e. The number of hydrogen-bond acceptors (Lipinski definition) is 6. The molecule has 2 rings (SSSR count). The Morgan fingerprint density at radius 3 is 3.11 bits per heavy atom. The molecule has 0 radical (unpaired) electrons. The first kappa shape index (κ1) is 13.0. The third kappa shape index (κ3) is 2.69. The van der Waals surface area contributed by atoms with E-state index in [1.54, 1.807) is 12.3 Å². The van der Waals surface area contributed by atoms with Crippen molar-refractivity contribution in [2.24, 2.45) is 0 Å². The van der Waals surface area contributed by atoms with Crippen LogP contribution in [0.15, 0.2) is 12.3 Å². The topological polar surface area (TPSA) is 68.5 Å². The Hall–Kier alpha value is -1.43. The van der Waals surface area contributed by atoms with Crippen molar-refractivity contribution >= 4 is 29.2 Å². The largest absolute Gasteiger partial charge is 0.465 e. The summed E-state index contributed by atoms with van der Waals surface area (Å²) in [4.78, 5) is 18.2. The van der Waals surface area contributed by atoms with Crippen LogP contribution in [-0.4, -0.2) is 42.2 Å². The fourth-order valence-corrected chi connectivity index (χ4v) is 3.01. The quantitative estimate of drug-likeness (QED) is 0.817. The standard InChI is InChI=1S/C12H17N3O2S/c1-8-7-15(3-4-18-8)11-10(12(16)17-2)5-9(13)6-14-11/h5-6,8H,3-4,7,13H2,1-2H3. The van der Waals surface area contributed by atoms with Gasteiger partial charge in [-0.25, -0.2) is 9.78 Å². The Bertz CT molecular complexity index is 453. The van der Waals surface area contributed by atoms with Crippen LogP contribution in [0, 0.1) is 0 Å². The summed E-state index contributed by atoms with van der Waals surface area (Å²) >= 11 is 1.93. The van der Waals surface area contributed by atoms with Crippen LogP contribution in [0.25, 0.3) is 0 Å². The van der Waals surface area contributed by atoms with Crippen LogP contribution in [0.5, 0.6) is 0 Å². The van der Waals surface area contributed by atoms with Gasteiger partial charge in [0.15, 0.2) is 0 Å². The van der Waals surface area contributed by atoms with Crippen LogP contribution in [-0.2, 0) is 4.74 Å². The van der Waals surface area contributed by atoms with Crippen molar-refractivity contribution < 1.29 is 9.53 Å². The second kappa shape index (κ2) is 5.48. The lowest BCUT2D eigenvalue weighted by Gasteiger charge is -2.32. The molecule has 0 aromatic carbocycles. The van der Waals surface area contributed by atoms with Gasteiger partial charge in [-0.1, -0.05) is 6.92 Å². The predicted octanol–water partition coefficient (Wildman–Crippen LogP) is 1.39. The van der Waals surface area contributed by atoms with E-state index in [4.69, 9.17) is 10.5 Å². The fraction of sp³-hybridized carbons (Fsp3) is 0.500. The summed E-state index contributed by atoms with van der Waals surface area (Å²) in [7, 11) is 1.37. The van der Waals surface area contributed by atoms with E-state index < -0.39 is 5.97 Å². The molecule has 2 N–H and O–H groups in total. The van der Waals surface area contributed by atoms with Gasteiger partial charge in [0.25, 0.3) is 0 Å². The summed E-state index contributed by atoms with van der Waals surface area (Å²) in [5, 5.41) is 0.531. The van der Waals surface area contributed by atoms with Gasteiger partial charge in [-0.15, -0.1) is 0 Å². The highest BCUT2D eigenvalue weighted by Gasteiger charge is 2.23. The van der Waals surface area contributed by atoms with Crippen LogP contribution in [0.3, 0.4) is 0 Å². The first-order valence-electron chi connectivity index (χ1n) is 5.82. The molecular weight excluding hydrogens is 250 g/mol. The average molecular weight is 267 g/mol. The van der Waals surface area contributed by atoms with Crippen LogP contribution in [0.1, 0.15) is 17.3 Å². The van der Waals surface area contributed by atoms with Gasteiger partial charge in [0.1, 0.15) is 11.4 Å². The van der Waals surface area contributed by atoms with Gasteiger partial charge < -0.3 is 15.4 Å². The third-order valence-corrected chi connectivity index (χ3v) is 3.97. The molecule has 98 valence electrons. The maximum Gasteiger partial charge on any atom is 0.341 e. The maximum absolute atomic E-state index is 11.8. The van der Waals surface area contributed by atoms with Gasteiger partial charge in [0.05, 0.1) is 19.0 Å². The van der Waals surface area contributed by atoms with Crippen molar-refractivity contribution in [2.75, 3.05) is 36.6 Å². The number of nitrogen functional groups attached to an aromatic ring is 1. The average Bonchev–Trinajstić information content (AvgIpc) is 2.37. The number of methoxy groups -OCH3 is 1. The normalized spacial score (nSPS) is 19.7. The van der Waals surface area contributed by atoms with E-state index in [0.29, 0.717) is 22.3 Å². The predicted molar refractivity (Wildman–Crippen MR) is 74.1 cm³/mol. The van der Waals surface area contributed by atoms with E-state index in [0.717, 1.165) is 18.8 Å². The van der Waals surface area contributed by atoms with E-state index in [9.17, 15) is 4.79 Å². The molecule has 6 heteroatoms. The van der Waals surface area contributed by atoms with Gasteiger partial charge in [-0.3, -0.25) is 0 Å². The number of rotatable bonds is 2. The number of carbonyl (C=O) groups is 1. The highest BCUT2D eigenvalue weighted by molar-refractivity contribution is 8.00. The molecule has 5 nitrogen and oxygen atoms in total. The summed E-state index contributed by atoms with van der Waals surface area (Å²) in [5.74, 6) is 1.31. The summed E-state index contributed by atoms with van der Waals surface area (Å²) < 4.78 is 4.78. The molecule has 1 fully saturated rings. The molecule has 1 aromatic heterocycles. The summed E-state index contributed by atoms with van der Waals surface area (Å²) in [6.45, 7) is 3.94. The van der Waals surface area contributed by atoms with Crippen molar-refractivity contribution in [1.82, 2.24) is 4.98 Å². The number of hydrogen-bond donors (Lipinski definition) is 1. The highest BCUT2D eigenvalue weighted by Crippen LogP contribution is 2.26. The first-order chi connectivity index (χ1) is 8.61. The zero-order valence-electron chi connectivity index (χ0n) is 10.5. The number of nitrogens with zero attached hydrogens (tertiary/aromatic N) is 2. The van der Waals surface area contributed by atoms with Gasteiger partial charge in [-0.2, -0.15) is 11.8 Å². The highest BCUT2D eigenvalue weighted by atomic mass is 32.2. The van der Waals surface area contributed by atoms with Gasteiger partial charge in [0, 0.05) is 24.1 Å². The van der Waals surface area contributed by atoms with Crippen LogP contribution >= 0.6 is 11.8 Å². The second-order valence-corrected chi connectivity index (χ2v) is 5.81. The molecule has 1 aromatic rings. The molecule has 1 atom stereocenters. The van der Waals surface area contributed by atoms with Gasteiger partial charge >= 0.3 is 5.97 Å². The van der Waals surface area contributed by atoms with Crippen LogP contribution in [0.2, 0.25) is 0 Å². The van der Waals surface area contributed by atoms with E-state index in [1.807, 2.05) is 11.8 Å². The lowest BCUT2D eigenvalue weighted by molar-refractivity contribution is 0.0601. The maximum atomic E-state index is 11.8. The van der Waals surface area contributed by atoms with Crippen molar-refractivity contribution in [1.29, 1.82) is 0 Å². The number of anilines is 2. The number of nitrogens with two attached hydrogens (primary N) is 1. The molecule has 1 aliphatic rings. The minimum absolute atomic E-state index is 0.393. The number of thioether (sulfide) groups is 1. The molecule has 2 heterocycles.